The van der Waals surface area contributed by atoms with Crippen LogP contribution in [0.5, 0.6) is 0 Å². The van der Waals surface area contributed by atoms with Crippen LogP contribution in [0.1, 0.15) is 16.8 Å². The average molecular weight is 222 g/mol. The Labute approximate surface area is 93.4 Å². The average Bonchev–Trinajstić information content (AvgIpc) is 2.75. The number of carbonyl (C=O) groups is 1. The predicted octanol–water partition coefficient (Wildman–Crippen LogP) is -0.199. The highest BCUT2D eigenvalue weighted by Gasteiger charge is 2.21. The number of nitrogens with zero attached hydrogens (tertiary/aromatic N) is 3. The van der Waals surface area contributed by atoms with Gasteiger partial charge >= 0.3 is 5.97 Å². The molecule has 2 rings (SSSR count). The fourth-order valence-corrected chi connectivity index (χ4v) is 1.68. The van der Waals surface area contributed by atoms with E-state index >= 15 is 0 Å². The highest BCUT2D eigenvalue weighted by Crippen LogP contribution is 2.14. The van der Waals surface area contributed by atoms with Gasteiger partial charge in [0.15, 0.2) is 0 Å². The second kappa shape index (κ2) is 4.44. The first-order chi connectivity index (χ1) is 7.70. The summed E-state index contributed by atoms with van der Waals surface area (Å²) < 4.78 is 4.57. The molecular weight excluding hydrogens is 208 g/mol. The Hall–Kier alpha value is -1.69. The number of carbonyl (C=O) groups excluding carboxylic acids is 1. The number of nitrogens with two attached hydrogens (primary N) is 1. The number of hydrogen-bond acceptors (Lipinski definition) is 6. The lowest BCUT2D eigenvalue weighted by Crippen LogP contribution is -2.27. The number of esters is 1. The van der Waals surface area contributed by atoms with Gasteiger partial charge in [-0.2, -0.15) is 0 Å². The van der Waals surface area contributed by atoms with Crippen molar-refractivity contribution in [2.24, 2.45) is 5.73 Å². The van der Waals surface area contributed by atoms with Gasteiger partial charge in [0, 0.05) is 31.5 Å². The van der Waals surface area contributed by atoms with Gasteiger partial charge in [-0.1, -0.05) is 0 Å². The van der Waals surface area contributed by atoms with Gasteiger partial charge in [-0.25, -0.2) is 14.8 Å². The van der Waals surface area contributed by atoms with Crippen LogP contribution in [0.3, 0.4) is 0 Å². The molecule has 1 aromatic rings. The molecule has 0 radical (unpaired) electrons. The van der Waals surface area contributed by atoms with Crippen LogP contribution in [-0.2, 0) is 4.74 Å². The lowest BCUT2D eigenvalue weighted by atomic mass is 10.3. The van der Waals surface area contributed by atoms with Crippen LogP contribution >= 0.6 is 0 Å². The SMILES string of the molecule is COC(=O)c1cnc(N2CC[C@H](N)C2)nc1. The monoisotopic (exact) mass is 222 g/mol. The lowest BCUT2D eigenvalue weighted by molar-refractivity contribution is 0.0600. The Morgan fingerprint density at radius 2 is 2.25 bits per heavy atom. The first kappa shape index (κ1) is 10.8. The first-order valence-corrected chi connectivity index (χ1v) is 5.11. The van der Waals surface area contributed by atoms with Gasteiger partial charge in [0.25, 0.3) is 0 Å². The molecular formula is C10H14N4O2. The van der Waals surface area contributed by atoms with Crippen LogP contribution in [0.25, 0.3) is 0 Å². The largest absolute Gasteiger partial charge is 0.465 e. The summed E-state index contributed by atoms with van der Waals surface area (Å²) >= 11 is 0. The van der Waals surface area contributed by atoms with Crippen molar-refractivity contribution >= 4 is 11.9 Å². The highest BCUT2D eigenvalue weighted by atomic mass is 16.5. The number of methoxy groups -OCH3 is 1. The van der Waals surface area contributed by atoms with Crippen LogP contribution in [0.15, 0.2) is 12.4 Å². The Morgan fingerprint density at radius 1 is 1.56 bits per heavy atom. The van der Waals surface area contributed by atoms with E-state index in [1.54, 1.807) is 0 Å². The third-order valence-electron chi connectivity index (χ3n) is 2.57. The van der Waals surface area contributed by atoms with E-state index in [9.17, 15) is 4.79 Å². The standard InChI is InChI=1S/C10H14N4O2/c1-16-9(15)7-4-12-10(13-5-7)14-3-2-8(11)6-14/h4-5,8H,2-3,6,11H2,1H3/t8-/m0/s1. The Bertz CT molecular complexity index is 379. The Kier molecular flexibility index (Phi) is 3.00. The molecule has 0 bridgehead atoms. The molecule has 0 amide bonds. The second-order valence-corrected chi connectivity index (χ2v) is 3.76. The van der Waals surface area contributed by atoms with Gasteiger partial charge in [-0.15, -0.1) is 0 Å². The number of anilines is 1. The van der Waals surface area contributed by atoms with Gasteiger partial charge in [0.05, 0.1) is 12.7 Å². The Balaban J connectivity index is 2.10. The molecule has 0 aromatic carbocycles. The molecule has 86 valence electrons. The smallest absolute Gasteiger partial charge is 0.341 e. The molecule has 1 fully saturated rings. The van der Waals surface area contributed by atoms with Crippen molar-refractivity contribution in [2.45, 2.75) is 12.5 Å². The van der Waals surface area contributed by atoms with Crippen molar-refractivity contribution < 1.29 is 9.53 Å². The molecule has 1 aromatic heterocycles. The summed E-state index contributed by atoms with van der Waals surface area (Å²) in [5, 5.41) is 0. The van der Waals surface area contributed by atoms with E-state index in [1.165, 1.54) is 19.5 Å². The van der Waals surface area contributed by atoms with E-state index in [0.717, 1.165) is 19.5 Å². The van der Waals surface area contributed by atoms with Crippen molar-refractivity contribution in [1.82, 2.24) is 9.97 Å². The van der Waals surface area contributed by atoms with Gasteiger partial charge < -0.3 is 15.4 Å². The summed E-state index contributed by atoms with van der Waals surface area (Å²) in [5.41, 5.74) is 6.15. The molecule has 0 spiro atoms. The van der Waals surface area contributed by atoms with Gasteiger partial charge in [-0.05, 0) is 6.42 Å². The molecule has 6 nitrogen and oxygen atoms in total. The predicted molar refractivity (Wildman–Crippen MR) is 58.2 cm³/mol. The van der Waals surface area contributed by atoms with Crippen molar-refractivity contribution in [3.63, 3.8) is 0 Å². The van der Waals surface area contributed by atoms with Gasteiger partial charge in [0.1, 0.15) is 0 Å². The van der Waals surface area contributed by atoms with Crippen molar-refractivity contribution in [3.05, 3.63) is 18.0 Å². The highest BCUT2D eigenvalue weighted by molar-refractivity contribution is 5.88. The van der Waals surface area contributed by atoms with Crippen LogP contribution < -0.4 is 10.6 Å². The minimum atomic E-state index is -0.426. The molecule has 0 saturated carbocycles. The van der Waals surface area contributed by atoms with Crippen molar-refractivity contribution in [2.75, 3.05) is 25.1 Å². The molecule has 1 saturated heterocycles. The van der Waals surface area contributed by atoms with E-state index in [-0.39, 0.29) is 6.04 Å². The topological polar surface area (TPSA) is 81.3 Å². The maximum atomic E-state index is 11.2. The summed E-state index contributed by atoms with van der Waals surface area (Å²) in [7, 11) is 1.33. The maximum Gasteiger partial charge on any atom is 0.341 e. The van der Waals surface area contributed by atoms with Crippen LogP contribution in [-0.4, -0.2) is 42.2 Å². The zero-order valence-corrected chi connectivity index (χ0v) is 9.09. The van der Waals surface area contributed by atoms with Crippen LogP contribution in [0.2, 0.25) is 0 Å². The maximum absolute atomic E-state index is 11.2. The van der Waals surface area contributed by atoms with Crippen molar-refractivity contribution in [3.8, 4) is 0 Å². The van der Waals surface area contributed by atoms with Crippen LogP contribution in [0.4, 0.5) is 5.95 Å². The normalized spacial score (nSPS) is 19.9. The Morgan fingerprint density at radius 3 is 2.75 bits per heavy atom. The van der Waals surface area contributed by atoms with E-state index in [1.807, 2.05) is 4.90 Å². The molecule has 1 atom stereocenters. The van der Waals surface area contributed by atoms with Gasteiger partial charge in [0.2, 0.25) is 5.95 Å². The number of ether oxygens (including phenoxy) is 1. The summed E-state index contributed by atoms with van der Waals surface area (Å²) in [5.74, 6) is 0.185. The minimum Gasteiger partial charge on any atom is -0.465 e. The summed E-state index contributed by atoms with van der Waals surface area (Å²) in [6.45, 7) is 1.62. The zero-order valence-electron chi connectivity index (χ0n) is 9.09. The first-order valence-electron chi connectivity index (χ1n) is 5.11. The molecule has 0 unspecified atom stereocenters. The second-order valence-electron chi connectivity index (χ2n) is 3.76. The summed E-state index contributed by atoms with van der Waals surface area (Å²) in [6, 6.07) is 0.184. The fourth-order valence-electron chi connectivity index (χ4n) is 1.68. The van der Waals surface area contributed by atoms with E-state index < -0.39 is 5.97 Å². The molecule has 6 heteroatoms. The van der Waals surface area contributed by atoms with Crippen LogP contribution in [0, 0.1) is 0 Å². The van der Waals surface area contributed by atoms with Gasteiger partial charge in [-0.3, -0.25) is 0 Å². The minimum absolute atomic E-state index is 0.184. The molecule has 1 aliphatic heterocycles. The zero-order chi connectivity index (χ0) is 11.5. The van der Waals surface area contributed by atoms with E-state index in [2.05, 4.69) is 14.7 Å². The third kappa shape index (κ3) is 2.11. The van der Waals surface area contributed by atoms with E-state index in [4.69, 9.17) is 5.73 Å². The molecule has 2 heterocycles. The number of aromatic nitrogens is 2. The summed E-state index contributed by atoms with van der Waals surface area (Å²) in [4.78, 5) is 21.4. The fraction of sp³-hybridized carbons (Fsp3) is 0.500. The lowest BCUT2D eigenvalue weighted by Gasteiger charge is -2.14. The summed E-state index contributed by atoms with van der Waals surface area (Å²) in [6.07, 6.45) is 3.89. The van der Waals surface area contributed by atoms with E-state index in [0.29, 0.717) is 11.5 Å². The number of hydrogen-bond donors (Lipinski definition) is 1. The molecule has 2 N–H and O–H groups in total. The molecule has 16 heavy (non-hydrogen) atoms. The molecule has 0 aliphatic carbocycles. The van der Waals surface area contributed by atoms with Crippen molar-refractivity contribution in [1.29, 1.82) is 0 Å². The quantitative estimate of drug-likeness (QED) is 0.698. The molecule has 1 aliphatic rings. The number of rotatable bonds is 2. The third-order valence-corrected chi connectivity index (χ3v) is 2.57.